The van der Waals surface area contributed by atoms with Crippen molar-refractivity contribution in [2.75, 3.05) is 20.2 Å². The number of piperidine rings is 1. The van der Waals surface area contributed by atoms with Crippen molar-refractivity contribution in [1.29, 1.82) is 0 Å². The molecule has 2 aliphatic heterocycles. The van der Waals surface area contributed by atoms with Crippen molar-refractivity contribution >= 4 is 17.7 Å². The molecule has 0 aromatic heterocycles. The Labute approximate surface area is 146 Å². The number of benzene rings is 1. The van der Waals surface area contributed by atoms with Gasteiger partial charge in [-0.1, -0.05) is 12.1 Å². The molecule has 1 aromatic rings. The van der Waals surface area contributed by atoms with E-state index in [1.807, 2.05) is 12.1 Å². The van der Waals surface area contributed by atoms with Gasteiger partial charge in [-0.15, -0.1) is 0 Å². The minimum atomic E-state index is -0.416. The molecule has 25 heavy (non-hydrogen) atoms. The Morgan fingerprint density at radius 2 is 1.92 bits per heavy atom. The number of ether oxygens (including phenoxy) is 1. The third kappa shape index (κ3) is 3.92. The molecular weight excluding hydrogens is 322 g/mol. The van der Waals surface area contributed by atoms with Gasteiger partial charge in [0.05, 0.1) is 12.7 Å². The van der Waals surface area contributed by atoms with Gasteiger partial charge in [-0.05, 0) is 31.4 Å². The maximum absolute atomic E-state index is 12.7. The van der Waals surface area contributed by atoms with E-state index in [1.165, 1.54) is 0 Å². The van der Waals surface area contributed by atoms with Gasteiger partial charge in [-0.25, -0.2) is 0 Å². The van der Waals surface area contributed by atoms with Crippen LogP contribution in [-0.2, 0) is 9.59 Å². The third-order valence-electron chi connectivity index (χ3n) is 4.78. The number of carbonyl (C=O) groups is 3. The maximum atomic E-state index is 12.7. The van der Waals surface area contributed by atoms with E-state index in [-0.39, 0.29) is 23.8 Å². The molecule has 1 atom stereocenters. The van der Waals surface area contributed by atoms with Crippen LogP contribution in [-0.4, -0.2) is 54.9 Å². The van der Waals surface area contributed by atoms with Crippen molar-refractivity contribution in [3.8, 4) is 5.75 Å². The highest BCUT2D eigenvalue weighted by molar-refractivity contribution is 5.97. The van der Waals surface area contributed by atoms with Gasteiger partial charge in [0.25, 0.3) is 5.91 Å². The Hall–Kier alpha value is -2.57. The smallest absolute Gasteiger partial charge is 0.257 e. The van der Waals surface area contributed by atoms with E-state index in [0.29, 0.717) is 50.1 Å². The number of hydrogen-bond donors (Lipinski definition) is 2. The van der Waals surface area contributed by atoms with E-state index in [0.717, 1.165) is 0 Å². The fourth-order valence-corrected chi connectivity index (χ4v) is 3.33. The molecule has 2 heterocycles. The van der Waals surface area contributed by atoms with Crippen molar-refractivity contribution in [3.05, 3.63) is 29.8 Å². The largest absolute Gasteiger partial charge is 0.496 e. The summed E-state index contributed by atoms with van der Waals surface area (Å²) >= 11 is 0. The van der Waals surface area contributed by atoms with Crippen LogP contribution in [0.4, 0.5) is 0 Å². The monoisotopic (exact) mass is 345 g/mol. The van der Waals surface area contributed by atoms with E-state index in [9.17, 15) is 14.4 Å². The first-order valence-corrected chi connectivity index (χ1v) is 8.60. The van der Waals surface area contributed by atoms with Crippen molar-refractivity contribution in [2.45, 2.75) is 37.8 Å². The fourth-order valence-electron chi connectivity index (χ4n) is 3.33. The molecule has 3 rings (SSSR count). The standard InChI is InChI=1S/C18H23N3O4/c1-25-15-5-3-2-4-13(15)18(24)21-10-8-12(9-11-21)19-17(23)14-6-7-16(22)20-14/h2-5,12,14H,6-11H2,1H3,(H,19,23)(H,20,22). The first kappa shape index (κ1) is 17.3. The van der Waals surface area contributed by atoms with E-state index < -0.39 is 6.04 Å². The summed E-state index contributed by atoms with van der Waals surface area (Å²) in [5, 5.41) is 5.66. The number of para-hydroxylation sites is 1. The van der Waals surface area contributed by atoms with Crippen molar-refractivity contribution in [2.24, 2.45) is 0 Å². The lowest BCUT2D eigenvalue weighted by Gasteiger charge is -2.33. The number of rotatable bonds is 4. The summed E-state index contributed by atoms with van der Waals surface area (Å²) in [5.74, 6) is 0.322. The van der Waals surface area contributed by atoms with Crippen LogP contribution in [0.2, 0.25) is 0 Å². The predicted octanol–water partition coefficient (Wildman–Crippen LogP) is 0.695. The van der Waals surface area contributed by atoms with Gasteiger partial charge in [0.15, 0.2) is 0 Å². The molecule has 3 amide bonds. The molecule has 2 aliphatic rings. The molecule has 2 saturated heterocycles. The van der Waals surface area contributed by atoms with Crippen LogP contribution in [0.5, 0.6) is 5.75 Å². The van der Waals surface area contributed by atoms with Crippen LogP contribution in [0, 0.1) is 0 Å². The number of methoxy groups -OCH3 is 1. The number of hydrogen-bond acceptors (Lipinski definition) is 4. The van der Waals surface area contributed by atoms with Gasteiger partial charge in [-0.2, -0.15) is 0 Å². The van der Waals surface area contributed by atoms with Crippen LogP contribution in [0.3, 0.4) is 0 Å². The lowest BCUT2D eigenvalue weighted by molar-refractivity contribution is -0.126. The van der Waals surface area contributed by atoms with E-state index in [4.69, 9.17) is 4.74 Å². The second-order valence-electron chi connectivity index (χ2n) is 6.43. The van der Waals surface area contributed by atoms with Crippen LogP contribution in [0.1, 0.15) is 36.0 Å². The molecule has 0 saturated carbocycles. The predicted molar refractivity (Wildman–Crippen MR) is 91.2 cm³/mol. The van der Waals surface area contributed by atoms with Gasteiger partial charge in [0.2, 0.25) is 11.8 Å². The van der Waals surface area contributed by atoms with Gasteiger partial charge >= 0.3 is 0 Å². The Balaban J connectivity index is 1.52. The molecule has 0 radical (unpaired) electrons. The van der Waals surface area contributed by atoms with Crippen LogP contribution >= 0.6 is 0 Å². The van der Waals surface area contributed by atoms with Gasteiger partial charge < -0.3 is 20.3 Å². The third-order valence-corrected chi connectivity index (χ3v) is 4.78. The Kier molecular flexibility index (Phi) is 5.21. The quantitative estimate of drug-likeness (QED) is 0.841. The molecule has 0 aliphatic carbocycles. The number of amides is 3. The van der Waals surface area contributed by atoms with Crippen LogP contribution < -0.4 is 15.4 Å². The minimum absolute atomic E-state index is 0.0340. The normalized spacial score (nSPS) is 20.9. The molecule has 7 heteroatoms. The number of likely N-dealkylation sites (tertiary alicyclic amines) is 1. The zero-order chi connectivity index (χ0) is 17.8. The van der Waals surface area contributed by atoms with Crippen molar-refractivity contribution < 1.29 is 19.1 Å². The van der Waals surface area contributed by atoms with Crippen LogP contribution in [0.15, 0.2) is 24.3 Å². The van der Waals surface area contributed by atoms with E-state index >= 15 is 0 Å². The van der Waals surface area contributed by atoms with E-state index in [2.05, 4.69) is 10.6 Å². The van der Waals surface area contributed by atoms with Gasteiger partial charge in [0.1, 0.15) is 11.8 Å². The average molecular weight is 345 g/mol. The lowest BCUT2D eigenvalue weighted by atomic mass is 10.0. The van der Waals surface area contributed by atoms with Crippen molar-refractivity contribution in [3.63, 3.8) is 0 Å². The number of nitrogens with zero attached hydrogens (tertiary/aromatic N) is 1. The second-order valence-corrected chi connectivity index (χ2v) is 6.43. The molecule has 2 N–H and O–H groups in total. The number of nitrogens with one attached hydrogen (secondary N) is 2. The summed E-state index contributed by atoms with van der Waals surface area (Å²) in [7, 11) is 1.55. The Morgan fingerprint density at radius 1 is 1.20 bits per heavy atom. The zero-order valence-electron chi connectivity index (χ0n) is 14.3. The highest BCUT2D eigenvalue weighted by Crippen LogP contribution is 2.21. The molecular formula is C18H23N3O4. The van der Waals surface area contributed by atoms with Gasteiger partial charge in [-0.3, -0.25) is 14.4 Å². The maximum Gasteiger partial charge on any atom is 0.257 e. The molecule has 134 valence electrons. The number of carbonyl (C=O) groups excluding carboxylic acids is 3. The summed E-state index contributed by atoms with van der Waals surface area (Å²) in [6, 6.07) is 6.80. The fraction of sp³-hybridized carbons (Fsp3) is 0.500. The molecule has 0 bridgehead atoms. The lowest BCUT2D eigenvalue weighted by Crippen LogP contribution is -2.50. The van der Waals surface area contributed by atoms with Crippen molar-refractivity contribution in [1.82, 2.24) is 15.5 Å². The van der Waals surface area contributed by atoms with E-state index in [1.54, 1.807) is 24.1 Å². The highest BCUT2D eigenvalue weighted by atomic mass is 16.5. The first-order chi connectivity index (χ1) is 12.1. The molecule has 0 spiro atoms. The highest BCUT2D eigenvalue weighted by Gasteiger charge is 2.30. The summed E-state index contributed by atoms with van der Waals surface area (Å²) in [4.78, 5) is 37.8. The molecule has 1 aromatic carbocycles. The summed E-state index contributed by atoms with van der Waals surface area (Å²) in [5.41, 5.74) is 0.557. The Bertz CT molecular complexity index is 668. The zero-order valence-corrected chi connectivity index (χ0v) is 14.3. The Morgan fingerprint density at radius 3 is 2.56 bits per heavy atom. The second kappa shape index (κ2) is 7.55. The summed E-state index contributed by atoms with van der Waals surface area (Å²) in [6.45, 7) is 1.16. The van der Waals surface area contributed by atoms with Gasteiger partial charge in [0, 0.05) is 25.6 Å². The first-order valence-electron chi connectivity index (χ1n) is 8.60. The topological polar surface area (TPSA) is 87.7 Å². The summed E-state index contributed by atoms with van der Waals surface area (Å²) in [6.07, 6.45) is 2.36. The molecule has 2 fully saturated rings. The molecule has 7 nitrogen and oxygen atoms in total. The van der Waals surface area contributed by atoms with Crippen LogP contribution in [0.25, 0.3) is 0 Å². The molecule has 1 unspecified atom stereocenters. The summed E-state index contributed by atoms with van der Waals surface area (Å²) < 4.78 is 5.26. The average Bonchev–Trinajstić information content (AvgIpc) is 3.08. The SMILES string of the molecule is COc1ccccc1C(=O)N1CCC(NC(=O)C2CCC(=O)N2)CC1. The minimum Gasteiger partial charge on any atom is -0.496 e.